The normalized spacial score (nSPS) is 10.9. The van der Waals surface area contributed by atoms with Gasteiger partial charge in [0.05, 0.1) is 0 Å². The molecule has 0 aliphatic carbocycles. The van der Waals surface area contributed by atoms with Gasteiger partial charge in [-0.05, 0) is 17.7 Å². The Bertz CT molecular complexity index is 536. The minimum Gasteiger partial charge on any atom is -0.444 e. The van der Waals surface area contributed by atoms with Crippen LogP contribution in [0.4, 0.5) is 0 Å². The number of benzene rings is 1. The van der Waals surface area contributed by atoms with E-state index >= 15 is 0 Å². The molecule has 0 aliphatic rings. The second kappa shape index (κ2) is 5.21. The number of carbonyl (C=O) groups excluding carboxylic acids is 1. The first-order chi connectivity index (χ1) is 8.18. The van der Waals surface area contributed by atoms with E-state index in [1.807, 2.05) is 24.3 Å². The molecule has 0 aliphatic heterocycles. The molecule has 0 radical (unpaired) electrons. The van der Waals surface area contributed by atoms with Gasteiger partial charge in [0.1, 0.15) is 5.58 Å². The highest BCUT2D eigenvalue weighted by Crippen LogP contribution is 2.29. The number of nitrogens with one attached hydrogen (secondary N) is 1. The number of rotatable bonds is 5. The first-order valence-electron chi connectivity index (χ1n) is 5.33. The van der Waals surface area contributed by atoms with Gasteiger partial charge in [-0.15, -0.1) is 0 Å². The molecule has 0 bridgehead atoms. The van der Waals surface area contributed by atoms with Crippen molar-refractivity contribution in [2.75, 3.05) is 6.54 Å². The number of halogens is 1. The van der Waals surface area contributed by atoms with Crippen LogP contribution in [0, 0.1) is 0 Å². The number of fused-ring (bicyclic) bond motifs is 1. The van der Waals surface area contributed by atoms with Gasteiger partial charge in [0, 0.05) is 30.5 Å². The monoisotopic (exact) mass is 252 g/mol. The van der Waals surface area contributed by atoms with Gasteiger partial charge >= 0.3 is 0 Å². The molecular formula is C12H13ClN2O2. The molecule has 3 N–H and O–H groups in total. The van der Waals surface area contributed by atoms with E-state index in [9.17, 15) is 4.79 Å². The summed E-state index contributed by atoms with van der Waals surface area (Å²) in [4.78, 5) is 10.6. The van der Waals surface area contributed by atoms with Crippen LogP contribution in [0.5, 0.6) is 0 Å². The quantitative estimate of drug-likeness (QED) is 0.801. The molecule has 1 aromatic heterocycles. The van der Waals surface area contributed by atoms with Crippen molar-refractivity contribution < 1.29 is 9.21 Å². The molecule has 0 saturated heterocycles. The van der Waals surface area contributed by atoms with Crippen LogP contribution in [0.1, 0.15) is 12.0 Å². The van der Waals surface area contributed by atoms with Crippen molar-refractivity contribution in [1.29, 1.82) is 0 Å². The summed E-state index contributed by atoms with van der Waals surface area (Å²) >= 11 is 6.01. The maximum absolute atomic E-state index is 10.6. The lowest BCUT2D eigenvalue weighted by Crippen LogP contribution is -2.21. The zero-order valence-electron chi connectivity index (χ0n) is 9.20. The van der Waals surface area contributed by atoms with Crippen LogP contribution in [0.2, 0.25) is 5.22 Å². The highest BCUT2D eigenvalue weighted by molar-refractivity contribution is 6.30. The molecule has 5 heteroatoms. The smallest absolute Gasteiger partial charge is 0.218 e. The number of furan rings is 1. The zero-order chi connectivity index (χ0) is 12.3. The van der Waals surface area contributed by atoms with Crippen LogP contribution in [-0.2, 0) is 11.3 Å². The molecule has 0 atom stereocenters. The second-order valence-electron chi connectivity index (χ2n) is 3.74. The van der Waals surface area contributed by atoms with Crippen LogP contribution in [0.3, 0.4) is 0 Å². The van der Waals surface area contributed by atoms with Gasteiger partial charge in [0.15, 0.2) is 5.22 Å². The Morgan fingerprint density at radius 3 is 2.94 bits per heavy atom. The van der Waals surface area contributed by atoms with E-state index in [1.54, 1.807) is 0 Å². The maximum Gasteiger partial charge on any atom is 0.218 e. The van der Waals surface area contributed by atoms with Crippen molar-refractivity contribution in [3.05, 3.63) is 35.0 Å². The minimum atomic E-state index is -0.319. The third-order valence-corrected chi connectivity index (χ3v) is 2.80. The van der Waals surface area contributed by atoms with Gasteiger partial charge in [-0.1, -0.05) is 18.2 Å². The Morgan fingerprint density at radius 2 is 2.18 bits per heavy atom. The number of hydrogen-bond donors (Lipinski definition) is 2. The maximum atomic E-state index is 10.6. The molecule has 0 fully saturated rings. The summed E-state index contributed by atoms with van der Waals surface area (Å²) in [6, 6.07) is 7.65. The van der Waals surface area contributed by atoms with E-state index in [4.69, 9.17) is 21.8 Å². The summed E-state index contributed by atoms with van der Waals surface area (Å²) in [5.41, 5.74) is 6.73. The number of para-hydroxylation sites is 1. The van der Waals surface area contributed by atoms with Crippen molar-refractivity contribution in [2.24, 2.45) is 5.73 Å². The average Bonchev–Trinajstić information content (AvgIpc) is 2.60. The van der Waals surface area contributed by atoms with Crippen molar-refractivity contribution in [3.63, 3.8) is 0 Å². The van der Waals surface area contributed by atoms with Crippen molar-refractivity contribution >= 4 is 28.5 Å². The number of carbonyl (C=O) groups is 1. The van der Waals surface area contributed by atoms with Crippen LogP contribution in [0.15, 0.2) is 28.7 Å². The molecule has 0 spiro atoms. The van der Waals surface area contributed by atoms with E-state index < -0.39 is 0 Å². The molecule has 1 aromatic carbocycles. The molecule has 2 aromatic rings. The number of amides is 1. The third-order valence-electron chi connectivity index (χ3n) is 2.50. The first kappa shape index (κ1) is 12.0. The summed E-state index contributed by atoms with van der Waals surface area (Å²) in [5, 5.41) is 4.48. The predicted molar refractivity (Wildman–Crippen MR) is 66.7 cm³/mol. The lowest BCUT2D eigenvalue weighted by atomic mass is 10.2. The lowest BCUT2D eigenvalue weighted by molar-refractivity contribution is -0.117. The Kier molecular flexibility index (Phi) is 3.66. The van der Waals surface area contributed by atoms with Gasteiger partial charge in [0.2, 0.25) is 5.91 Å². The average molecular weight is 253 g/mol. The summed E-state index contributed by atoms with van der Waals surface area (Å²) in [5.74, 6) is -0.319. The number of hydrogen-bond acceptors (Lipinski definition) is 3. The van der Waals surface area contributed by atoms with Gasteiger partial charge in [0.25, 0.3) is 0 Å². The van der Waals surface area contributed by atoms with Crippen LogP contribution in [-0.4, -0.2) is 12.5 Å². The number of nitrogens with two attached hydrogens (primary N) is 1. The first-order valence-corrected chi connectivity index (χ1v) is 5.71. The SMILES string of the molecule is NC(=O)CCNCc1c(Cl)oc2ccccc12. The van der Waals surface area contributed by atoms with Crippen LogP contribution < -0.4 is 11.1 Å². The van der Waals surface area contributed by atoms with Crippen molar-refractivity contribution in [2.45, 2.75) is 13.0 Å². The van der Waals surface area contributed by atoms with Crippen LogP contribution in [0.25, 0.3) is 11.0 Å². The van der Waals surface area contributed by atoms with E-state index in [1.165, 1.54) is 0 Å². The second-order valence-corrected chi connectivity index (χ2v) is 4.09. The van der Waals surface area contributed by atoms with Gasteiger partial charge in [-0.3, -0.25) is 4.79 Å². The topological polar surface area (TPSA) is 68.3 Å². The van der Waals surface area contributed by atoms with Crippen molar-refractivity contribution in [1.82, 2.24) is 5.32 Å². The molecule has 17 heavy (non-hydrogen) atoms. The fraction of sp³-hybridized carbons (Fsp3) is 0.250. The van der Waals surface area contributed by atoms with Gasteiger partial charge in [-0.2, -0.15) is 0 Å². The van der Waals surface area contributed by atoms with Gasteiger partial charge < -0.3 is 15.5 Å². The highest BCUT2D eigenvalue weighted by atomic mass is 35.5. The highest BCUT2D eigenvalue weighted by Gasteiger charge is 2.11. The summed E-state index contributed by atoms with van der Waals surface area (Å²) in [6.07, 6.45) is 0.313. The van der Waals surface area contributed by atoms with E-state index in [0.29, 0.717) is 24.7 Å². The number of primary amides is 1. The van der Waals surface area contributed by atoms with E-state index in [2.05, 4.69) is 5.32 Å². The lowest BCUT2D eigenvalue weighted by Gasteiger charge is -2.01. The molecule has 2 rings (SSSR count). The van der Waals surface area contributed by atoms with Gasteiger partial charge in [-0.25, -0.2) is 0 Å². The third kappa shape index (κ3) is 2.78. The largest absolute Gasteiger partial charge is 0.444 e. The summed E-state index contributed by atoms with van der Waals surface area (Å²) in [7, 11) is 0. The van der Waals surface area contributed by atoms with Crippen LogP contribution >= 0.6 is 11.6 Å². The molecule has 4 nitrogen and oxygen atoms in total. The van der Waals surface area contributed by atoms with Crippen molar-refractivity contribution in [3.8, 4) is 0 Å². The summed E-state index contributed by atoms with van der Waals surface area (Å²) in [6.45, 7) is 1.09. The van der Waals surface area contributed by atoms with E-state index in [0.717, 1.165) is 16.5 Å². The Hall–Kier alpha value is -1.52. The molecule has 0 saturated carbocycles. The molecule has 1 amide bonds. The fourth-order valence-electron chi connectivity index (χ4n) is 1.66. The summed E-state index contributed by atoms with van der Waals surface area (Å²) < 4.78 is 5.41. The molecule has 0 unspecified atom stereocenters. The molecule has 90 valence electrons. The standard InChI is InChI=1S/C12H13ClN2O2/c13-12-9(7-15-6-5-11(14)16)8-3-1-2-4-10(8)17-12/h1-4,15H,5-7H2,(H2,14,16). The molecular weight excluding hydrogens is 240 g/mol. The minimum absolute atomic E-state index is 0.313. The van der Waals surface area contributed by atoms with E-state index in [-0.39, 0.29) is 5.91 Å². The molecule has 1 heterocycles. The fourth-order valence-corrected chi connectivity index (χ4v) is 1.91. The zero-order valence-corrected chi connectivity index (χ0v) is 9.96. The Labute approximate surface area is 104 Å². The predicted octanol–water partition coefficient (Wildman–Crippen LogP) is 2.05. The Balaban J connectivity index is 2.07. The Morgan fingerprint density at radius 1 is 1.41 bits per heavy atom.